The van der Waals surface area contributed by atoms with Crippen molar-refractivity contribution in [2.75, 3.05) is 19.0 Å². The number of ether oxygens (including phenoxy) is 2. The predicted molar refractivity (Wildman–Crippen MR) is 130 cm³/mol. The van der Waals surface area contributed by atoms with Crippen molar-refractivity contribution in [2.24, 2.45) is 0 Å². The number of nitrogens with zero attached hydrogens (tertiary/aromatic N) is 3. The Bertz CT molecular complexity index is 1220. The maximum absolute atomic E-state index is 13.8. The van der Waals surface area contributed by atoms with Crippen LogP contribution in [-0.4, -0.2) is 46.7 Å². The van der Waals surface area contributed by atoms with Crippen LogP contribution in [0.2, 0.25) is 0 Å². The fourth-order valence-electron chi connectivity index (χ4n) is 3.92. The molecule has 3 heterocycles. The molecule has 1 N–H and O–H groups in total. The van der Waals surface area contributed by atoms with Crippen LogP contribution in [0.4, 0.5) is 10.5 Å². The summed E-state index contributed by atoms with van der Waals surface area (Å²) in [5, 5.41) is 10.2. The normalized spacial score (nSPS) is 16.2. The van der Waals surface area contributed by atoms with Crippen molar-refractivity contribution in [3.8, 4) is 0 Å². The first-order chi connectivity index (χ1) is 17.0. The standard InChI is InChI=1S/C25H24N4O5S/c1-3-28-23(30)21(27-19-10-7-12-26-14-19)20(24(31)34-25(32)33-2)22(18-11-13-35-16-18)29(28)15-17-8-5-4-6-9-17/h4-14,16,22,27H,3,15H2,1-2H3. The first kappa shape index (κ1) is 24.1. The smallest absolute Gasteiger partial charge is 0.437 e. The van der Waals surface area contributed by atoms with Gasteiger partial charge in [0.05, 0.1) is 30.6 Å². The fourth-order valence-corrected chi connectivity index (χ4v) is 4.59. The molecule has 0 saturated carbocycles. The van der Waals surface area contributed by atoms with E-state index in [9.17, 15) is 14.4 Å². The summed E-state index contributed by atoms with van der Waals surface area (Å²) in [5.74, 6) is -1.41. The molecule has 180 valence electrons. The van der Waals surface area contributed by atoms with Gasteiger partial charge in [-0.05, 0) is 47.0 Å². The Labute approximate surface area is 206 Å². The number of hydrazine groups is 1. The number of methoxy groups -OCH3 is 1. The molecular weight excluding hydrogens is 468 g/mol. The molecule has 1 atom stereocenters. The lowest BCUT2D eigenvalue weighted by Gasteiger charge is -2.44. The zero-order valence-electron chi connectivity index (χ0n) is 19.2. The third-order valence-corrected chi connectivity index (χ3v) is 6.14. The number of hydrogen-bond donors (Lipinski definition) is 1. The number of carbonyl (C=O) groups excluding carboxylic acids is 3. The van der Waals surface area contributed by atoms with Gasteiger partial charge < -0.3 is 14.8 Å². The average Bonchev–Trinajstić information content (AvgIpc) is 3.41. The number of anilines is 1. The Morgan fingerprint density at radius 3 is 2.57 bits per heavy atom. The van der Waals surface area contributed by atoms with Crippen LogP contribution in [-0.2, 0) is 25.6 Å². The molecule has 3 aromatic rings. The second-order valence-electron chi connectivity index (χ2n) is 7.56. The number of pyridine rings is 1. The Hall–Kier alpha value is -4.02. The Morgan fingerprint density at radius 1 is 1.14 bits per heavy atom. The maximum atomic E-state index is 13.8. The van der Waals surface area contributed by atoms with Gasteiger partial charge >= 0.3 is 12.1 Å². The maximum Gasteiger partial charge on any atom is 0.516 e. The molecule has 1 aliphatic rings. The lowest BCUT2D eigenvalue weighted by atomic mass is 9.94. The molecule has 9 nitrogen and oxygen atoms in total. The Kier molecular flexibility index (Phi) is 7.54. The number of amides is 1. The van der Waals surface area contributed by atoms with Crippen LogP contribution in [0.1, 0.15) is 24.1 Å². The number of esters is 1. The van der Waals surface area contributed by atoms with E-state index in [-0.39, 0.29) is 11.3 Å². The average molecular weight is 493 g/mol. The second-order valence-corrected chi connectivity index (χ2v) is 8.34. The van der Waals surface area contributed by atoms with Crippen molar-refractivity contribution in [2.45, 2.75) is 19.5 Å². The SMILES string of the molecule is CCN1C(=O)C(Nc2cccnc2)=C(C(=O)OC(=O)OC)C(c2ccsc2)N1Cc1ccccc1. The van der Waals surface area contributed by atoms with E-state index in [1.807, 2.05) is 59.1 Å². The van der Waals surface area contributed by atoms with Crippen LogP contribution in [0, 0.1) is 0 Å². The number of hydrogen-bond acceptors (Lipinski definition) is 9. The van der Waals surface area contributed by atoms with Crippen molar-refractivity contribution >= 4 is 35.1 Å². The fraction of sp³-hybridized carbons (Fsp3) is 0.200. The number of aromatic nitrogens is 1. The van der Waals surface area contributed by atoms with Crippen molar-refractivity contribution in [3.05, 3.63) is 94.1 Å². The largest absolute Gasteiger partial charge is 0.516 e. The summed E-state index contributed by atoms with van der Waals surface area (Å²) < 4.78 is 9.48. The number of nitrogens with one attached hydrogen (secondary N) is 1. The quantitative estimate of drug-likeness (QED) is 0.388. The van der Waals surface area contributed by atoms with E-state index in [2.05, 4.69) is 15.0 Å². The van der Waals surface area contributed by atoms with Crippen LogP contribution in [0.25, 0.3) is 0 Å². The van der Waals surface area contributed by atoms with Crippen molar-refractivity contribution in [1.29, 1.82) is 0 Å². The van der Waals surface area contributed by atoms with Crippen LogP contribution < -0.4 is 5.32 Å². The first-order valence-electron chi connectivity index (χ1n) is 10.9. The van der Waals surface area contributed by atoms with Gasteiger partial charge in [-0.1, -0.05) is 30.3 Å². The molecule has 0 spiro atoms. The van der Waals surface area contributed by atoms with E-state index in [1.54, 1.807) is 23.3 Å². The zero-order valence-corrected chi connectivity index (χ0v) is 20.0. The molecule has 0 aliphatic carbocycles. The lowest BCUT2D eigenvalue weighted by Crippen LogP contribution is -2.54. The monoisotopic (exact) mass is 492 g/mol. The number of carbonyl (C=O) groups is 3. The summed E-state index contributed by atoms with van der Waals surface area (Å²) in [5.41, 5.74) is 2.25. The molecular formula is C25H24N4O5S. The Morgan fingerprint density at radius 2 is 1.94 bits per heavy atom. The van der Waals surface area contributed by atoms with E-state index in [0.717, 1.165) is 18.2 Å². The molecule has 1 amide bonds. The van der Waals surface area contributed by atoms with Crippen molar-refractivity contribution < 1.29 is 23.9 Å². The molecule has 0 bridgehead atoms. The number of thiophene rings is 1. The zero-order chi connectivity index (χ0) is 24.8. The highest BCUT2D eigenvalue weighted by molar-refractivity contribution is 7.08. The number of benzene rings is 1. The molecule has 4 rings (SSSR count). The summed E-state index contributed by atoms with van der Waals surface area (Å²) in [6.45, 7) is 2.56. The molecule has 0 fully saturated rings. The minimum absolute atomic E-state index is 0.00304. The lowest BCUT2D eigenvalue weighted by molar-refractivity contribution is -0.156. The van der Waals surface area contributed by atoms with Gasteiger partial charge in [0, 0.05) is 19.3 Å². The van der Waals surface area contributed by atoms with E-state index < -0.39 is 24.1 Å². The van der Waals surface area contributed by atoms with Crippen LogP contribution in [0.5, 0.6) is 0 Å². The molecule has 2 aromatic heterocycles. The van der Waals surface area contributed by atoms with Gasteiger partial charge in [0.2, 0.25) is 0 Å². The van der Waals surface area contributed by atoms with Crippen LogP contribution in [0.3, 0.4) is 0 Å². The van der Waals surface area contributed by atoms with Crippen molar-refractivity contribution in [3.63, 3.8) is 0 Å². The van der Waals surface area contributed by atoms with Gasteiger partial charge in [0.15, 0.2) is 0 Å². The molecule has 1 aliphatic heterocycles. The van der Waals surface area contributed by atoms with E-state index >= 15 is 0 Å². The molecule has 10 heteroatoms. The molecule has 1 unspecified atom stereocenters. The molecule has 0 saturated heterocycles. The first-order valence-corrected chi connectivity index (χ1v) is 11.8. The minimum atomic E-state index is -1.16. The summed E-state index contributed by atoms with van der Waals surface area (Å²) in [6.07, 6.45) is 1.98. The summed E-state index contributed by atoms with van der Waals surface area (Å²) in [4.78, 5) is 43.1. The number of rotatable bonds is 7. The molecule has 1 aromatic carbocycles. The van der Waals surface area contributed by atoms with Gasteiger partial charge in [-0.2, -0.15) is 11.3 Å². The van der Waals surface area contributed by atoms with Gasteiger partial charge in [0.25, 0.3) is 5.91 Å². The highest BCUT2D eigenvalue weighted by atomic mass is 32.1. The Balaban J connectivity index is 1.90. The van der Waals surface area contributed by atoms with Gasteiger partial charge in [-0.3, -0.25) is 14.8 Å². The minimum Gasteiger partial charge on any atom is -0.437 e. The molecule has 0 radical (unpaired) electrons. The van der Waals surface area contributed by atoms with Crippen LogP contribution >= 0.6 is 11.3 Å². The summed E-state index contributed by atoms with van der Waals surface area (Å²) in [6, 6.07) is 14.2. The predicted octanol–water partition coefficient (Wildman–Crippen LogP) is 4.14. The van der Waals surface area contributed by atoms with Gasteiger partial charge in [-0.15, -0.1) is 0 Å². The second kappa shape index (κ2) is 10.9. The highest BCUT2D eigenvalue weighted by Crippen LogP contribution is 2.39. The van der Waals surface area contributed by atoms with Crippen LogP contribution in [0.15, 0.2) is 83.0 Å². The van der Waals surface area contributed by atoms with Gasteiger partial charge in [0.1, 0.15) is 5.70 Å². The van der Waals surface area contributed by atoms with Gasteiger partial charge in [-0.25, -0.2) is 14.6 Å². The van der Waals surface area contributed by atoms with E-state index in [0.29, 0.717) is 18.8 Å². The van der Waals surface area contributed by atoms with E-state index in [1.165, 1.54) is 17.5 Å². The highest BCUT2D eigenvalue weighted by Gasteiger charge is 2.44. The summed E-state index contributed by atoms with van der Waals surface area (Å²) in [7, 11) is 1.11. The van der Waals surface area contributed by atoms with Crippen molar-refractivity contribution in [1.82, 2.24) is 15.0 Å². The van der Waals surface area contributed by atoms with E-state index in [4.69, 9.17) is 4.74 Å². The number of likely N-dealkylation sites (N-methyl/N-ethyl adjacent to an activating group) is 1. The third kappa shape index (κ3) is 5.23. The third-order valence-electron chi connectivity index (χ3n) is 5.44. The molecule has 35 heavy (non-hydrogen) atoms. The summed E-state index contributed by atoms with van der Waals surface area (Å²) >= 11 is 1.46. The topological polar surface area (TPSA) is 101 Å².